The molecule has 0 spiro atoms. The molecule has 0 aromatic heterocycles. The summed E-state index contributed by atoms with van der Waals surface area (Å²) in [4.78, 5) is 24.1. The molecule has 0 bridgehead atoms. The fraction of sp³-hybridized carbons (Fsp3) is 0.250. The topological polar surface area (TPSA) is 141 Å². The highest BCUT2D eigenvalue weighted by Gasteiger charge is 2.28. The zero-order chi connectivity index (χ0) is 21.4. The van der Waals surface area contributed by atoms with Crippen molar-refractivity contribution in [2.45, 2.75) is 6.04 Å². The Kier molecular flexibility index (Phi) is 7.40. The lowest BCUT2D eigenvalue weighted by Gasteiger charge is -2.24. The van der Waals surface area contributed by atoms with Gasteiger partial charge in [-0.1, -0.05) is 0 Å². The molecule has 2 rings (SSSR count). The smallest absolute Gasteiger partial charge is 0.333 e. The molecule has 2 aromatic rings. The quantitative estimate of drug-likeness (QED) is 0.581. The number of hydrogen-bond acceptors (Lipinski definition) is 9. The van der Waals surface area contributed by atoms with Crippen molar-refractivity contribution in [2.75, 3.05) is 32.8 Å². The number of carboxylic acids is 1. The molecular weight excluding hydrogens is 380 g/mol. The van der Waals surface area contributed by atoms with Crippen molar-refractivity contribution in [3.05, 3.63) is 53.1 Å². The number of aliphatic hydroxyl groups excluding tert-OH is 1. The molecule has 1 atom stereocenters. The van der Waals surface area contributed by atoms with Crippen LogP contribution in [0.2, 0.25) is 0 Å². The van der Waals surface area contributed by atoms with Gasteiger partial charge in [-0.15, -0.1) is 0 Å². The largest absolute Gasteiger partial charge is 0.545 e. The first kappa shape index (κ1) is 21.5. The van der Waals surface area contributed by atoms with E-state index in [0.29, 0.717) is 11.3 Å². The number of nitrogens with zero attached hydrogens (tertiary/aromatic N) is 1. The molecule has 9 nitrogen and oxygen atoms in total. The maximum absolute atomic E-state index is 12.5. The lowest BCUT2D eigenvalue weighted by atomic mass is 10.0. The van der Waals surface area contributed by atoms with Crippen LogP contribution >= 0.6 is 0 Å². The lowest BCUT2D eigenvalue weighted by molar-refractivity contribution is -0.255. The number of carboxylic acid groups (broad SMARTS) is 1. The molecule has 0 heterocycles. The van der Waals surface area contributed by atoms with Crippen LogP contribution in [0, 0.1) is 11.3 Å². The van der Waals surface area contributed by atoms with E-state index in [9.17, 15) is 14.7 Å². The van der Waals surface area contributed by atoms with Crippen molar-refractivity contribution in [3.8, 4) is 17.6 Å². The summed E-state index contributed by atoms with van der Waals surface area (Å²) in [6.07, 6.45) is 0. The van der Waals surface area contributed by atoms with Crippen LogP contribution < -0.4 is 19.9 Å². The Balaban J connectivity index is 2.60. The maximum Gasteiger partial charge on any atom is 0.333 e. The SMILES string of the molecule is COC(=O)C(Nc1ccc(C#N)cc1)c1cc(OC)cc(C(=O)[O-])c1OCCO. The molecule has 2 aromatic carbocycles. The van der Waals surface area contributed by atoms with Gasteiger partial charge in [-0.05, 0) is 36.4 Å². The first-order chi connectivity index (χ1) is 13.9. The van der Waals surface area contributed by atoms with Gasteiger partial charge in [0.05, 0.1) is 38.4 Å². The predicted octanol–water partition coefficient (Wildman–Crippen LogP) is 0.628. The van der Waals surface area contributed by atoms with Crippen LogP contribution in [0.15, 0.2) is 36.4 Å². The van der Waals surface area contributed by atoms with Crippen LogP contribution in [-0.2, 0) is 9.53 Å². The zero-order valence-electron chi connectivity index (χ0n) is 15.8. The van der Waals surface area contributed by atoms with Crippen LogP contribution in [0.3, 0.4) is 0 Å². The van der Waals surface area contributed by atoms with Crippen LogP contribution in [0.1, 0.15) is 27.5 Å². The molecule has 152 valence electrons. The molecular formula is C20H19N2O7-. The first-order valence-corrected chi connectivity index (χ1v) is 8.46. The van der Waals surface area contributed by atoms with Crippen molar-refractivity contribution < 1.29 is 34.0 Å². The Morgan fingerprint density at radius 1 is 1.24 bits per heavy atom. The number of esters is 1. The van der Waals surface area contributed by atoms with E-state index in [-0.39, 0.29) is 35.8 Å². The second kappa shape index (κ2) is 9.96. The summed E-state index contributed by atoms with van der Waals surface area (Å²) in [6.45, 7) is -0.575. The fourth-order valence-corrected chi connectivity index (χ4v) is 2.61. The molecule has 1 unspecified atom stereocenters. The number of rotatable bonds is 9. The van der Waals surface area contributed by atoms with Gasteiger partial charge in [-0.2, -0.15) is 5.26 Å². The molecule has 2 N–H and O–H groups in total. The summed E-state index contributed by atoms with van der Waals surface area (Å²) in [5.41, 5.74) is 0.680. The van der Waals surface area contributed by atoms with Gasteiger partial charge < -0.3 is 34.5 Å². The molecule has 0 aliphatic rings. The lowest BCUT2D eigenvalue weighted by Crippen LogP contribution is -2.27. The normalized spacial score (nSPS) is 11.1. The molecule has 9 heteroatoms. The summed E-state index contributed by atoms with van der Waals surface area (Å²) < 4.78 is 15.4. The number of benzene rings is 2. The van der Waals surface area contributed by atoms with Crippen molar-refractivity contribution in [1.29, 1.82) is 5.26 Å². The molecule has 0 aliphatic heterocycles. The molecule has 0 amide bonds. The average molecular weight is 399 g/mol. The number of hydrogen-bond donors (Lipinski definition) is 2. The summed E-state index contributed by atoms with van der Waals surface area (Å²) in [5.74, 6) is -2.26. The number of carbonyl (C=O) groups is 2. The number of carbonyl (C=O) groups excluding carboxylic acids is 2. The number of methoxy groups -OCH3 is 2. The van der Waals surface area contributed by atoms with E-state index in [1.165, 1.54) is 26.4 Å². The minimum absolute atomic E-state index is 0.119. The van der Waals surface area contributed by atoms with Gasteiger partial charge in [0.15, 0.2) is 6.04 Å². The van der Waals surface area contributed by atoms with Gasteiger partial charge in [0.1, 0.15) is 18.1 Å². The number of aromatic carboxylic acids is 1. The van der Waals surface area contributed by atoms with Crippen molar-refractivity contribution >= 4 is 17.6 Å². The van der Waals surface area contributed by atoms with E-state index in [0.717, 1.165) is 0 Å². The highest BCUT2D eigenvalue weighted by atomic mass is 16.5. The van der Waals surface area contributed by atoms with Gasteiger partial charge in [0.25, 0.3) is 0 Å². The number of aliphatic hydroxyl groups is 1. The van der Waals surface area contributed by atoms with E-state index >= 15 is 0 Å². The summed E-state index contributed by atoms with van der Waals surface area (Å²) >= 11 is 0. The monoisotopic (exact) mass is 399 g/mol. The van der Waals surface area contributed by atoms with Gasteiger partial charge in [0.2, 0.25) is 0 Å². The fourth-order valence-electron chi connectivity index (χ4n) is 2.61. The molecule has 0 radical (unpaired) electrons. The summed E-state index contributed by atoms with van der Waals surface area (Å²) in [6, 6.07) is 9.72. The Labute approximate surface area is 167 Å². The van der Waals surface area contributed by atoms with Crippen LogP contribution in [0.25, 0.3) is 0 Å². The molecule has 0 aliphatic carbocycles. The highest BCUT2D eigenvalue weighted by Crippen LogP contribution is 2.36. The van der Waals surface area contributed by atoms with Gasteiger partial charge in [0, 0.05) is 16.8 Å². The molecule has 0 saturated heterocycles. The summed E-state index contributed by atoms with van der Waals surface area (Å²) in [7, 11) is 2.53. The Hall–Kier alpha value is -3.77. The maximum atomic E-state index is 12.5. The van der Waals surface area contributed by atoms with Crippen LogP contribution in [0.4, 0.5) is 5.69 Å². The Morgan fingerprint density at radius 3 is 2.45 bits per heavy atom. The predicted molar refractivity (Wildman–Crippen MR) is 99.4 cm³/mol. The average Bonchev–Trinajstić information content (AvgIpc) is 2.75. The molecule has 29 heavy (non-hydrogen) atoms. The van der Waals surface area contributed by atoms with Crippen LogP contribution in [-0.4, -0.2) is 44.5 Å². The van der Waals surface area contributed by atoms with E-state index in [1.807, 2.05) is 6.07 Å². The minimum Gasteiger partial charge on any atom is -0.545 e. The van der Waals surface area contributed by atoms with E-state index in [2.05, 4.69) is 5.32 Å². The Bertz CT molecular complexity index is 920. The highest BCUT2D eigenvalue weighted by molar-refractivity contribution is 5.92. The number of ether oxygens (including phenoxy) is 3. The summed E-state index contributed by atoms with van der Waals surface area (Å²) in [5, 5.41) is 32.6. The third-order valence-corrected chi connectivity index (χ3v) is 3.96. The standard InChI is InChI=1S/C20H20N2O7/c1-27-14-9-15(18(29-8-7-23)16(10-14)19(24)25)17(20(26)28-2)22-13-5-3-12(11-21)4-6-13/h3-6,9-10,17,22-23H,7-8H2,1-2H3,(H,24,25)/p-1. The van der Waals surface area contributed by atoms with Crippen LogP contribution in [0.5, 0.6) is 11.5 Å². The number of anilines is 1. The Morgan fingerprint density at radius 2 is 1.93 bits per heavy atom. The third kappa shape index (κ3) is 5.15. The second-order valence-electron chi connectivity index (χ2n) is 5.74. The van der Waals surface area contributed by atoms with Crippen molar-refractivity contribution in [1.82, 2.24) is 0 Å². The zero-order valence-corrected chi connectivity index (χ0v) is 15.8. The van der Waals surface area contributed by atoms with E-state index in [4.69, 9.17) is 24.6 Å². The van der Waals surface area contributed by atoms with Crippen molar-refractivity contribution in [2.24, 2.45) is 0 Å². The van der Waals surface area contributed by atoms with Gasteiger partial charge in [-0.3, -0.25) is 0 Å². The van der Waals surface area contributed by atoms with Gasteiger partial charge >= 0.3 is 5.97 Å². The third-order valence-electron chi connectivity index (χ3n) is 3.96. The number of nitriles is 1. The number of nitrogens with one attached hydrogen (secondary N) is 1. The second-order valence-corrected chi connectivity index (χ2v) is 5.74. The van der Waals surface area contributed by atoms with E-state index < -0.39 is 18.0 Å². The molecule has 0 saturated carbocycles. The van der Waals surface area contributed by atoms with E-state index in [1.54, 1.807) is 24.3 Å². The minimum atomic E-state index is -1.54. The van der Waals surface area contributed by atoms with Crippen molar-refractivity contribution in [3.63, 3.8) is 0 Å². The molecule has 0 fully saturated rings. The van der Waals surface area contributed by atoms with Gasteiger partial charge in [-0.25, -0.2) is 4.79 Å². The first-order valence-electron chi connectivity index (χ1n) is 8.46.